The third kappa shape index (κ3) is 3.51. The van der Waals surface area contributed by atoms with Gasteiger partial charge < -0.3 is 5.11 Å². The fourth-order valence-corrected chi connectivity index (χ4v) is 1.20. The van der Waals surface area contributed by atoms with Crippen LogP contribution in [0.15, 0.2) is 0 Å². The third-order valence-electron chi connectivity index (χ3n) is 2.11. The van der Waals surface area contributed by atoms with Crippen molar-refractivity contribution in [1.82, 2.24) is 0 Å². The van der Waals surface area contributed by atoms with Crippen LogP contribution >= 0.6 is 0 Å². The van der Waals surface area contributed by atoms with E-state index in [2.05, 4.69) is 0 Å². The van der Waals surface area contributed by atoms with Crippen molar-refractivity contribution in [3.8, 4) is 0 Å². The summed E-state index contributed by atoms with van der Waals surface area (Å²) in [6, 6.07) is 0. The van der Waals surface area contributed by atoms with Crippen LogP contribution in [0.4, 0.5) is 0 Å². The van der Waals surface area contributed by atoms with Gasteiger partial charge in [-0.1, -0.05) is 6.42 Å². The molecule has 0 spiro atoms. The van der Waals surface area contributed by atoms with Crippen LogP contribution in [0.2, 0.25) is 0 Å². The molecule has 1 rings (SSSR count). The molecule has 2 heteroatoms. The number of aliphatic hydroxyl groups is 1. The lowest BCUT2D eigenvalue weighted by Gasteiger charge is -1.96. The fraction of sp³-hybridized carbons (Fsp3) is 0.889. The van der Waals surface area contributed by atoms with Crippen molar-refractivity contribution in [1.29, 1.82) is 0 Å². The number of hydrogen-bond acceptors (Lipinski definition) is 2. The van der Waals surface area contributed by atoms with Crippen LogP contribution in [-0.2, 0) is 4.79 Å². The topological polar surface area (TPSA) is 37.3 Å². The fourth-order valence-electron chi connectivity index (χ4n) is 1.20. The Labute approximate surface area is 67.6 Å². The molecule has 0 aromatic carbocycles. The summed E-state index contributed by atoms with van der Waals surface area (Å²) in [5.74, 6) is 0.868. The average Bonchev–Trinajstić information content (AvgIpc) is 2.79. The van der Waals surface area contributed by atoms with Crippen molar-refractivity contribution in [3.63, 3.8) is 0 Å². The molecule has 0 atom stereocenters. The third-order valence-corrected chi connectivity index (χ3v) is 2.11. The molecule has 2 nitrogen and oxygen atoms in total. The van der Waals surface area contributed by atoms with Crippen LogP contribution in [0.25, 0.3) is 0 Å². The maximum absolute atomic E-state index is 11.1. The summed E-state index contributed by atoms with van der Waals surface area (Å²) >= 11 is 0. The first-order valence-electron chi connectivity index (χ1n) is 4.48. The Morgan fingerprint density at radius 2 is 2.00 bits per heavy atom. The highest BCUT2D eigenvalue weighted by molar-refractivity contribution is 5.82. The van der Waals surface area contributed by atoms with Crippen molar-refractivity contribution in [2.24, 2.45) is 5.92 Å². The lowest BCUT2D eigenvalue weighted by Crippen LogP contribution is -1.99. The Morgan fingerprint density at radius 3 is 2.55 bits per heavy atom. The molecular weight excluding hydrogens is 140 g/mol. The summed E-state index contributed by atoms with van der Waals surface area (Å²) in [7, 11) is 0. The maximum Gasteiger partial charge on any atom is 0.135 e. The summed E-state index contributed by atoms with van der Waals surface area (Å²) in [6.07, 6.45) is 5.80. The van der Waals surface area contributed by atoms with Crippen LogP contribution < -0.4 is 0 Å². The van der Waals surface area contributed by atoms with Gasteiger partial charge in [-0.2, -0.15) is 0 Å². The second-order valence-electron chi connectivity index (χ2n) is 3.27. The quantitative estimate of drug-likeness (QED) is 0.592. The van der Waals surface area contributed by atoms with E-state index in [0.29, 0.717) is 11.7 Å². The van der Waals surface area contributed by atoms with Gasteiger partial charge in [0.05, 0.1) is 0 Å². The van der Waals surface area contributed by atoms with E-state index >= 15 is 0 Å². The van der Waals surface area contributed by atoms with E-state index in [0.717, 1.165) is 38.5 Å². The minimum atomic E-state index is 0.262. The molecule has 0 aliphatic heterocycles. The normalized spacial score (nSPS) is 16.8. The highest BCUT2D eigenvalue weighted by atomic mass is 16.2. The Bertz CT molecular complexity index is 128. The lowest BCUT2D eigenvalue weighted by atomic mass is 10.1. The molecule has 1 saturated carbocycles. The van der Waals surface area contributed by atoms with E-state index in [1.807, 2.05) is 0 Å². The van der Waals surface area contributed by atoms with Gasteiger partial charge in [-0.05, 0) is 25.7 Å². The molecule has 1 aliphatic rings. The maximum atomic E-state index is 11.1. The van der Waals surface area contributed by atoms with Crippen LogP contribution in [0.1, 0.15) is 38.5 Å². The molecule has 0 heterocycles. The van der Waals surface area contributed by atoms with Crippen LogP contribution in [0.5, 0.6) is 0 Å². The highest BCUT2D eigenvalue weighted by Gasteiger charge is 2.28. The molecule has 0 aromatic heterocycles. The number of aliphatic hydroxyl groups excluding tert-OH is 1. The summed E-state index contributed by atoms with van der Waals surface area (Å²) in [5.41, 5.74) is 0. The molecule has 1 aliphatic carbocycles. The van der Waals surface area contributed by atoms with Crippen LogP contribution in [0, 0.1) is 5.92 Å². The van der Waals surface area contributed by atoms with Gasteiger partial charge in [-0.25, -0.2) is 0 Å². The van der Waals surface area contributed by atoms with Gasteiger partial charge in [-0.15, -0.1) is 0 Å². The first kappa shape index (κ1) is 8.72. The molecule has 64 valence electrons. The van der Waals surface area contributed by atoms with E-state index in [1.54, 1.807) is 0 Å². The minimum absolute atomic E-state index is 0.262. The molecule has 11 heavy (non-hydrogen) atoms. The van der Waals surface area contributed by atoms with Crippen LogP contribution in [0.3, 0.4) is 0 Å². The Balaban J connectivity index is 1.89. The largest absolute Gasteiger partial charge is 0.396 e. The number of ketones is 1. The van der Waals surface area contributed by atoms with E-state index in [4.69, 9.17) is 5.11 Å². The molecule has 0 unspecified atom stereocenters. The zero-order valence-corrected chi connectivity index (χ0v) is 6.88. The molecule has 0 saturated heterocycles. The van der Waals surface area contributed by atoms with Gasteiger partial charge in [0.15, 0.2) is 0 Å². The summed E-state index contributed by atoms with van der Waals surface area (Å²) in [6.45, 7) is 0.262. The first-order chi connectivity index (χ1) is 5.34. The number of carbonyl (C=O) groups excluding carboxylic acids is 1. The predicted molar refractivity (Wildman–Crippen MR) is 43.3 cm³/mol. The van der Waals surface area contributed by atoms with Crippen LogP contribution in [-0.4, -0.2) is 17.5 Å². The Hall–Kier alpha value is -0.370. The zero-order chi connectivity index (χ0) is 8.10. The van der Waals surface area contributed by atoms with Gasteiger partial charge in [0.25, 0.3) is 0 Å². The molecular formula is C9H16O2. The van der Waals surface area contributed by atoms with E-state index in [-0.39, 0.29) is 6.61 Å². The predicted octanol–water partition coefficient (Wildman–Crippen LogP) is 1.52. The first-order valence-corrected chi connectivity index (χ1v) is 4.48. The molecule has 0 amide bonds. The second-order valence-corrected chi connectivity index (χ2v) is 3.27. The van der Waals surface area contributed by atoms with E-state index in [9.17, 15) is 4.79 Å². The van der Waals surface area contributed by atoms with Gasteiger partial charge in [0.2, 0.25) is 0 Å². The van der Waals surface area contributed by atoms with Crippen molar-refractivity contribution in [2.45, 2.75) is 38.5 Å². The summed E-state index contributed by atoms with van der Waals surface area (Å²) in [4.78, 5) is 11.1. The zero-order valence-electron chi connectivity index (χ0n) is 6.88. The number of rotatable bonds is 6. The summed E-state index contributed by atoms with van der Waals surface area (Å²) in [5, 5.41) is 8.47. The molecule has 0 aromatic rings. The average molecular weight is 156 g/mol. The van der Waals surface area contributed by atoms with Gasteiger partial charge >= 0.3 is 0 Å². The molecule has 0 bridgehead atoms. The smallest absolute Gasteiger partial charge is 0.135 e. The van der Waals surface area contributed by atoms with Crippen molar-refractivity contribution >= 4 is 5.78 Å². The number of hydrogen-bond donors (Lipinski definition) is 1. The lowest BCUT2D eigenvalue weighted by molar-refractivity contribution is -0.120. The van der Waals surface area contributed by atoms with Gasteiger partial charge in [0, 0.05) is 18.9 Å². The van der Waals surface area contributed by atoms with Gasteiger partial charge in [0.1, 0.15) is 5.78 Å². The Morgan fingerprint density at radius 1 is 1.27 bits per heavy atom. The molecule has 0 radical (unpaired) electrons. The van der Waals surface area contributed by atoms with E-state index < -0.39 is 0 Å². The number of unbranched alkanes of at least 4 members (excludes halogenated alkanes) is 2. The molecule has 1 fully saturated rings. The number of Topliss-reactive ketones (excluding diaryl/α,β-unsaturated/α-hetero) is 1. The van der Waals surface area contributed by atoms with Gasteiger partial charge in [-0.3, -0.25) is 4.79 Å². The van der Waals surface area contributed by atoms with Crippen molar-refractivity contribution < 1.29 is 9.90 Å². The number of carbonyl (C=O) groups is 1. The summed E-state index contributed by atoms with van der Waals surface area (Å²) < 4.78 is 0. The Kier molecular flexibility index (Phi) is 3.57. The monoisotopic (exact) mass is 156 g/mol. The highest BCUT2D eigenvalue weighted by Crippen LogP contribution is 2.31. The second kappa shape index (κ2) is 4.50. The SMILES string of the molecule is O=C(CCCCCO)C1CC1. The van der Waals surface area contributed by atoms with Crippen molar-refractivity contribution in [3.05, 3.63) is 0 Å². The minimum Gasteiger partial charge on any atom is -0.396 e. The molecule has 1 N–H and O–H groups in total. The van der Waals surface area contributed by atoms with Crippen molar-refractivity contribution in [2.75, 3.05) is 6.61 Å². The standard InChI is InChI=1S/C9H16O2/c10-7-3-1-2-4-9(11)8-5-6-8/h8,10H,1-7H2. The van der Waals surface area contributed by atoms with E-state index in [1.165, 1.54) is 0 Å².